The fourth-order valence-electron chi connectivity index (χ4n) is 3.78. The van der Waals surface area contributed by atoms with Crippen molar-refractivity contribution in [1.82, 2.24) is 20.4 Å². The lowest BCUT2D eigenvalue weighted by atomic mass is 10.0. The molecular formula is C23H41N5O3. The number of hydrogen-bond acceptors (Lipinski definition) is 6. The normalized spacial score (nSPS) is 20.4. The molecule has 2 atom stereocenters. The Kier molecular flexibility index (Phi) is 9.99. The van der Waals surface area contributed by atoms with Gasteiger partial charge in [-0.05, 0) is 53.5 Å². The Morgan fingerprint density at radius 1 is 1.42 bits per heavy atom. The van der Waals surface area contributed by atoms with Gasteiger partial charge < -0.3 is 30.9 Å². The highest BCUT2D eigenvalue weighted by Gasteiger charge is 2.30. The van der Waals surface area contributed by atoms with Gasteiger partial charge in [-0.2, -0.15) is 0 Å². The van der Waals surface area contributed by atoms with E-state index < -0.39 is 11.6 Å². The van der Waals surface area contributed by atoms with E-state index in [1.807, 2.05) is 20.8 Å². The van der Waals surface area contributed by atoms with Crippen LogP contribution >= 0.6 is 0 Å². The number of likely N-dealkylation sites (N-methyl/N-ethyl adjacent to an activating group) is 1. The zero-order valence-electron chi connectivity index (χ0n) is 19.7. The zero-order chi connectivity index (χ0) is 22.9. The molecule has 1 heterocycles. The Labute approximate surface area is 187 Å². The first-order valence-corrected chi connectivity index (χ1v) is 11.4. The number of hydrogen-bond donors (Lipinski definition) is 3. The van der Waals surface area contributed by atoms with Gasteiger partial charge in [0.15, 0.2) is 0 Å². The Bertz CT molecular complexity index is 656. The van der Waals surface area contributed by atoms with Crippen molar-refractivity contribution in [3.63, 3.8) is 0 Å². The van der Waals surface area contributed by atoms with Crippen LogP contribution in [0.3, 0.4) is 0 Å². The smallest absolute Gasteiger partial charge is 0.410 e. The lowest BCUT2D eigenvalue weighted by Gasteiger charge is -2.34. The molecular weight excluding hydrogens is 394 g/mol. The molecule has 1 saturated heterocycles. The summed E-state index contributed by atoms with van der Waals surface area (Å²) in [6.45, 7) is 9.00. The van der Waals surface area contributed by atoms with Gasteiger partial charge in [-0.1, -0.05) is 23.8 Å². The molecule has 2 amide bonds. The Hall–Kier alpha value is -1.90. The van der Waals surface area contributed by atoms with Crippen molar-refractivity contribution in [3.8, 4) is 0 Å². The highest BCUT2D eigenvalue weighted by molar-refractivity contribution is 5.83. The summed E-state index contributed by atoms with van der Waals surface area (Å²) in [5.74, 6) is -0.0918. The maximum atomic E-state index is 12.6. The monoisotopic (exact) mass is 435 g/mol. The van der Waals surface area contributed by atoms with Crippen LogP contribution in [0.15, 0.2) is 23.8 Å². The number of nitrogens with two attached hydrogens (primary N) is 1. The summed E-state index contributed by atoms with van der Waals surface area (Å²) < 4.78 is 5.43. The van der Waals surface area contributed by atoms with Gasteiger partial charge in [-0.25, -0.2) is 4.79 Å². The topological polar surface area (TPSA) is 99.9 Å². The molecule has 2 unspecified atom stereocenters. The SMILES string of the molecule is CN(CCC1=CC=CCC1)C(CN)CCNC(=O)C1CN(C(=O)OC(C)(C)C)CCN1. The highest BCUT2D eigenvalue weighted by Crippen LogP contribution is 2.16. The third kappa shape index (κ3) is 9.01. The van der Waals surface area contributed by atoms with Crippen LogP contribution in [-0.2, 0) is 9.53 Å². The molecule has 0 spiro atoms. The van der Waals surface area contributed by atoms with Crippen LogP contribution in [0.2, 0.25) is 0 Å². The van der Waals surface area contributed by atoms with Crippen molar-refractivity contribution in [2.24, 2.45) is 5.73 Å². The minimum Gasteiger partial charge on any atom is -0.444 e. The molecule has 1 fully saturated rings. The number of ether oxygens (including phenoxy) is 1. The molecule has 1 aliphatic carbocycles. The maximum absolute atomic E-state index is 12.6. The first-order valence-electron chi connectivity index (χ1n) is 11.4. The summed E-state index contributed by atoms with van der Waals surface area (Å²) in [6, 6.07) is -0.209. The minimum atomic E-state index is -0.548. The third-order valence-corrected chi connectivity index (χ3v) is 5.70. The fraction of sp³-hybridized carbons (Fsp3) is 0.739. The second-order valence-corrected chi connectivity index (χ2v) is 9.42. The summed E-state index contributed by atoms with van der Waals surface area (Å²) in [6.07, 6.45) is 10.3. The van der Waals surface area contributed by atoms with Crippen molar-refractivity contribution >= 4 is 12.0 Å². The van der Waals surface area contributed by atoms with E-state index in [0.29, 0.717) is 32.7 Å². The van der Waals surface area contributed by atoms with Crippen molar-refractivity contribution in [2.75, 3.05) is 46.3 Å². The van der Waals surface area contributed by atoms with E-state index in [4.69, 9.17) is 10.5 Å². The molecule has 31 heavy (non-hydrogen) atoms. The summed E-state index contributed by atoms with van der Waals surface area (Å²) in [7, 11) is 2.10. The molecule has 8 nitrogen and oxygen atoms in total. The number of nitrogens with zero attached hydrogens (tertiary/aromatic N) is 2. The van der Waals surface area contributed by atoms with E-state index in [-0.39, 0.29) is 18.0 Å². The molecule has 4 N–H and O–H groups in total. The average molecular weight is 436 g/mol. The van der Waals surface area contributed by atoms with E-state index in [1.165, 1.54) is 5.57 Å². The maximum Gasteiger partial charge on any atom is 0.410 e. The molecule has 0 saturated carbocycles. The third-order valence-electron chi connectivity index (χ3n) is 5.70. The number of rotatable bonds is 9. The minimum absolute atomic E-state index is 0.0918. The lowest BCUT2D eigenvalue weighted by Crippen LogP contribution is -2.59. The molecule has 0 aromatic rings. The highest BCUT2D eigenvalue weighted by atomic mass is 16.6. The van der Waals surface area contributed by atoms with Crippen LogP contribution in [0.4, 0.5) is 4.79 Å². The standard InChI is InChI=1S/C23H41N5O3/c1-23(2,3)31-22(30)28-15-13-25-20(17-28)21(29)26-12-10-19(16-24)27(4)14-11-18-8-6-5-7-9-18/h5-6,8,19-20,25H,7,9-17,24H2,1-4H3,(H,26,29). The predicted molar refractivity (Wildman–Crippen MR) is 124 cm³/mol. The zero-order valence-corrected chi connectivity index (χ0v) is 19.7. The van der Waals surface area contributed by atoms with Crippen molar-refractivity contribution < 1.29 is 14.3 Å². The molecule has 176 valence electrons. The number of piperazine rings is 1. The number of carbonyl (C=O) groups excluding carboxylic acids is 2. The Morgan fingerprint density at radius 2 is 2.19 bits per heavy atom. The number of amides is 2. The van der Waals surface area contributed by atoms with Gasteiger partial charge in [0.25, 0.3) is 0 Å². The van der Waals surface area contributed by atoms with Crippen LogP contribution in [-0.4, -0.2) is 85.8 Å². The molecule has 8 heteroatoms. The van der Waals surface area contributed by atoms with Gasteiger partial charge in [0.2, 0.25) is 5.91 Å². The van der Waals surface area contributed by atoms with Crippen LogP contribution in [0.5, 0.6) is 0 Å². The summed E-state index contributed by atoms with van der Waals surface area (Å²) in [5.41, 5.74) is 6.93. The van der Waals surface area contributed by atoms with Crippen LogP contribution in [0, 0.1) is 0 Å². The van der Waals surface area contributed by atoms with Crippen molar-refractivity contribution in [3.05, 3.63) is 23.8 Å². The Balaban J connectivity index is 1.73. The predicted octanol–water partition coefficient (Wildman–Crippen LogP) is 1.63. The summed E-state index contributed by atoms with van der Waals surface area (Å²) in [5, 5.41) is 6.19. The fourth-order valence-corrected chi connectivity index (χ4v) is 3.78. The second kappa shape index (κ2) is 12.2. The second-order valence-electron chi connectivity index (χ2n) is 9.42. The van der Waals surface area contributed by atoms with Gasteiger partial charge in [0.1, 0.15) is 11.6 Å². The number of carbonyl (C=O) groups is 2. The van der Waals surface area contributed by atoms with E-state index >= 15 is 0 Å². The quantitative estimate of drug-likeness (QED) is 0.509. The van der Waals surface area contributed by atoms with Gasteiger partial charge in [0.05, 0.1) is 0 Å². The lowest BCUT2D eigenvalue weighted by molar-refractivity contribution is -0.124. The average Bonchev–Trinajstić information content (AvgIpc) is 2.74. The van der Waals surface area contributed by atoms with Crippen LogP contribution in [0.25, 0.3) is 0 Å². The number of nitrogens with one attached hydrogen (secondary N) is 2. The first-order chi connectivity index (χ1) is 14.7. The van der Waals surface area contributed by atoms with Gasteiger partial charge in [-0.3, -0.25) is 4.79 Å². The Morgan fingerprint density at radius 3 is 2.84 bits per heavy atom. The van der Waals surface area contributed by atoms with Crippen LogP contribution < -0.4 is 16.4 Å². The van der Waals surface area contributed by atoms with E-state index in [1.54, 1.807) is 4.90 Å². The van der Waals surface area contributed by atoms with Crippen LogP contribution in [0.1, 0.15) is 46.5 Å². The molecule has 0 aromatic carbocycles. The van der Waals surface area contributed by atoms with Crippen molar-refractivity contribution in [2.45, 2.75) is 64.1 Å². The van der Waals surface area contributed by atoms with Gasteiger partial charge >= 0.3 is 6.09 Å². The molecule has 2 aliphatic rings. The molecule has 0 bridgehead atoms. The molecule has 1 aliphatic heterocycles. The number of allylic oxidation sites excluding steroid dienone is 3. The summed E-state index contributed by atoms with van der Waals surface area (Å²) in [4.78, 5) is 28.8. The van der Waals surface area contributed by atoms with Gasteiger partial charge in [-0.15, -0.1) is 0 Å². The first kappa shape index (κ1) is 25.4. The van der Waals surface area contributed by atoms with E-state index in [2.05, 4.69) is 40.8 Å². The largest absolute Gasteiger partial charge is 0.444 e. The van der Waals surface area contributed by atoms with E-state index in [0.717, 1.165) is 32.2 Å². The van der Waals surface area contributed by atoms with Crippen molar-refractivity contribution in [1.29, 1.82) is 0 Å². The molecule has 2 rings (SSSR count). The van der Waals surface area contributed by atoms with Gasteiger partial charge in [0, 0.05) is 45.3 Å². The molecule has 0 radical (unpaired) electrons. The summed E-state index contributed by atoms with van der Waals surface area (Å²) >= 11 is 0. The van der Waals surface area contributed by atoms with E-state index in [9.17, 15) is 9.59 Å². The molecule has 0 aromatic heterocycles.